The summed E-state index contributed by atoms with van der Waals surface area (Å²) in [5.74, 6) is 1.05. The standard InChI is InChI=1S/C11H18N2OS/c12-10-6-5-7-13-11(10)15-9-4-2-1-3-8-14/h5-7,14H,1-4,8-9,12H2. The van der Waals surface area contributed by atoms with E-state index < -0.39 is 0 Å². The van der Waals surface area contributed by atoms with E-state index in [0.717, 1.165) is 35.7 Å². The fraction of sp³-hybridized carbons (Fsp3) is 0.545. The zero-order chi connectivity index (χ0) is 10.9. The van der Waals surface area contributed by atoms with E-state index in [4.69, 9.17) is 10.8 Å². The van der Waals surface area contributed by atoms with Gasteiger partial charge < -0.3 is 10.8 Å². The van der Waals surface area contributed by atoms with E-state index in [1.807, 2.05) is 12.1 Å². The third kappa shape index (κ3) is 5.04. The van der Waals surface area contributed by atoms with Crippen LogP contribution in [0, 0.1) is 0 Å². The first-order valence-corrected chi connectivity index (χ1v) is 6.27. The number of aliphatic hydroxyl groups excluding tert-OH is 1. The number of thioether (sulfide) groups is 1. The number of anilines is 1. The number of aromatic nitrogens is 1. The lowest BCUT2D eigenvalue weighted by Gasteiger charge is -2.03. The van der Waals surface area contributed by atoms with Crippen LogP contribution in [-0.2, 0) is 0 Å². The Morgan fingerprint density at radius 3 is 2.80 bits per heavy atom. The summed E-state index contributed by atoms with van der Waals surface area (Å²) in [5.41, 5.74) is 6.53. The van der Waals surface area contributed by atoms with Crippen LogP contribution in [0.4, 0.5) is 5.69 Å². The molecular formula is C11H18N2OS. The van der Waals surface area contributed by atoms with Crippen LogP contribution in [0.1, 0.15) is 25.7 Å². The van der Waals surface area contributed by atoms with Crippen molar-refractivity contribution in [2.24, 2.45) is 0 Å². The van der Waals surface area contributed by atoms with E-state index in [9.17, 15) is 0 Å². The van der Waals surface area contributed by atoms with Crippen LogP contribution < -0.4 is 5.73 Å². The molecule has 1 rings (SSSR count). The molecule has 0 unspecified atom stereocenters. The van der Waals surface area contributed by atoms with Gasteiger partial charge in [0.25, 0.3) is 0 Å². The van der Waals surface area contributed by atoms with Crippen molar-refractivity contribution in [2.45, 2.75) is 30.7 Å². The van der Waals surface area contributed by atoms with Gasteiger partial charge in [-0.3, -0.25) is 0 Å². The molecule has 1 heterocycles. The number of hydrogen-bond donors (Lipinski definition) is 2. The van der Waals surface area contributed by atoms with E-state index in [1.165, 1.54) is 6.42 Å². The predicted molar refractivity (Wildman–Crippen MR) is 64.9 cm³/mol. The topological polar surface area (TPSA) is 59.1 Å². The van der Waals surface area contributed by atoms with Gasteiger partial charge in [0, 0.05) is 12.8 Å². The molecule has 3 nitrogen and oxygen atoms in total. The number of unbranched alkanes of at least 4 members (excludes halogenated alkanes) is 3. The van der Waals surface area contributed by atoms with E-state index in [0.29, 0.717) is 6.61 Å². The zero-order valence-corrected chi connectivity index (χ0v) is 9.67. The Balaban J connectivity index is 2.12. The first kappa shape index (κ1) is 12.3. The molecule has 1 aromatic heterocycles. The van der Waals surface area contributed by atoms with Crippen molar-refractivity contribution in [3.8, 4) is 0 Å². The minimum atomic E-state index is 0.306. The second-order valence-corrected chi connectivity index (χ2v) is 4.47. The number of nitrogens with two attached hydrogens (primary N) is 1. The first-order chi connectivity index (χ1) is 7.34. The average molecular weight is 226 g/mol. The molecule has 0 spiro atoms. The van der Waals surface area contributed by atoms with Crippen LogP contribution in [0.2, 0.25) is 0 Å². The molecule has 0 atom stereocenters. The van der Waals surface area contributed by atoms with Crippen molar-refractivity contribution in [1.29, 1.82) is 0 Å². The Morgan fingerprint density at radius 2 is 2.07 bits per heavy atom. The van der Waals surface area contributed by atoms with Gasteiger partial charge in [-0.05, 0) is 30.7 Å². The summed E-state index contributed by atoms with van der Waals surface area (Å²) in [5, 5.41) is 9.54. The highest BCUT2D eigenvalue weighted by Crippen LogP contribution is 2.22. The van der Waals surface area contributed by atoms with Crippen molar-refractivity contribution in [2.75, 3.05) is 18.1 Å². The average Bonchev–Trinajstić information content (AvgIpc) is 2.25. The summed E-state index contributed by atoms with van der Waals surface area (Å²) in [4.78, 5) is 4.21. The summed E-state index contributed by atoms with van der Waals surface area (Å²) in [6.07, 6.45) is 6.11. The van der Waals surface area contributed by atoms with Crippen LogP contribution in [0.5, 0.6) is 0 Å². The van der Waals surface area contributed by atoms with Gasteiger partial charge in [0.05, 0.1) is 5.69 Å². The van der Waals surface area contributed by atoms with Gasteiger partial charge in [0.1, 0.15) is 5.03 Å². The summed E-state index contributed by atoms with van der Waals surface area (Å²) in [6, 6.07) is 3.72. The highest BCUT2D eigenvalue weighted by atomic mass is 32.2. The molecule has 0 saturated heterocycles. The Morgan fingerprint density at radius 1 is 1.27 bits per heavy atom. The Bertz CT molecular complexity index is 281. The van der Waals surface area contributed by atoms with Crippen molar-refractivity contribution in [3.05, 3.63) is 18.3 Å². The van der Waals surface area contributed by atoms with Crippen LogP contribution in [0.15, 0.2) is 23.4 Å². The lowest BCUT2D eigenvalue weighted by Crippen LogP contribution is -1.92. The molecule has 84 valence electrons. The SMILES string of the molecule is Nc1cccnc1SCCCCCCO. The molecule has 0 fully saturated rings. The molecule has 0 aliphatic carbocycles. The number of hydrogen-bond acceptors (Lipinski definition) is 4. The second-order valence-electron chi connectivity index (χ2n) is 3.38. The lowest BCUT2D eigenvalue weighted by molar-refractivity contribution is 0.283. The Kier molecular flexibility index (Phi) is 6.20. The number of aliphatic hydroxyl groups is 1. The van der Waals surface area contributed by atoms with Crippen LogP contribution in [0.25, 0.3) is 0 Å². The number of rotatable bonds is 7. The van der Waals surface area contributed by atoms with Crippen molar-refractivity contribution in [3.63, 3.8) is 0 Å². The molecule has 0 bridgehead atoms. The molecule has 1 aromatic rings. The number of nitrogens with zero attached hydrogens (tertiary/aromatic N) is 1. The normalized spacial score (nSPS) is 10.5. The van der Waals surface area contributed by atoms with Gasteiger partial charge >= 0.3 is 0 Å². The maximum Gasteiger partial charge on any atom is 0.119 e. The summed E-state index contributed by atoms with van der Waals surface area (Å²) < 4.78 is 0. The monoisotopic (exact) mass is 226 g/mol. The molecule has 4 heteroatoms. The molecule has 15 heavy (non-hydrogen) atoms. The molecule has 0 radical (unpaired) electrons. The van der Waals surface area contributed by atoms with Crippen molar-refractivity contribution >= 4 is 17.4 Å². The number of nitrogen functional groups attached to an aromatic ring is 1. The van der Waals surface area contributed by atoms with Crippen LogP contribution in [-0.4, -0.2) is 22.5 Å². The van der Waals surface area contributed by atoms with E-state index >= 15 is 0 Å². The molecule has 0 saturated carbocycles. The van der Waals surface area contributed by atoms with Gasteiger partial charge in [-0.1, -0.05) is 12.8 Å². The quantitative estimate of drug-likeness (QED) is 0.553. The minimum Gasteiger partial charge on any atom is -0.397 e. The highest BCUT2D eigenvalue weighted by molar-refractivity contribution is 7.99. The highest BCUT2D eigenvalue weighted by Gasteiger charge is 1.99. The third-order valence-corrected chi connectivity index (χ3v) is 3.20. The van der Waals surface area contributed by atoms with Crippen LogP contribution in [0.3, 0.4) is 0 Å². The summed E-state index contributed by atoms with van der Waals surface area (Å²) >= 11 is 1.71. The largest absolute Gasteiger partial charge is 0.397 e. The van der Waals surface area contributed by atoms with Crippen LogP contribution >= 0.6 is 11.8 Å². The number of pyridine rings is 1. The maximum absolute atomic E-state index is 8.61. The second kappa shape index (κ2) is 7.54. The van der Waals surface area contributed by atoms with E-state index in [-0.39, 0.29) is 0 Å². The summed E-state index contributed by atoms with van der Waals surface area (Å²) in [6.45, 7) is 0.306. The molecule has 0 aliphatic heterocycles. The van der Waals surface area contributed by atoms with Gasteiger partial charge in [0.15, 0.2) is 0 Å². The minimum absolute atomic E-state index is 0.306. The summed E-state index contributed by atoms with van der Waals surface area (Å²) in [7, 11) is 0. The van der Waals surface area contributed by atoms with Gasteiger partial charge in [0.2, 0.25) is 0 Å². The van der Waals surface area contributed by atoms with E-state index in [1.54, 1.807) is 18.0 Å². The fourth-order valence-corrected chi connectivity index (χ4v) is 2.17. The third-order valence-electron chi connectivity index (χ3n) is 2.09. The predicted octanol–water partition coefficient (Wildman–Crippen LogP) is 2.31. The van der Waals surface area contributed by atoms with Gasteiger partial charge in [-0.15, -0.1) is 11.8 Å². The molecule has 0 aromatic carbocycles. The Labute approximate surface area is 95.1 Å². The van der Waals surface area contributed by atoms with Crippen molar-refractivity contribution in [1.82, 2.24) is 4.98 Å². The molecular weight excluding hydrogens is 208 g/mol. The van der Waals surface area contributed by atoms with Gasteiger partial charge in [-0.2, -0.15) is 0 Å². The smallest absolute Gasteiger partial charge is 0.119 e. The lowest BCUT2D eigenvalue weighted by atomic mass is 10.2. The maximum atomic E-state index is 8.61. The van der Waals surface area contributed by atoms with Gasteiger partial charge in [-0.25, -0.2) is 4.98 Å². The first-order valence-electron chi connectivity index (χ1n) is 5.28. The fourth-order valence-electron chi connectivity index (χ4n) is 1.26. The molecule has 3 N–H and O–H groups in total. The Hall–Kier alpha value is -0.740. The molecule has 0 amide bonds. The van der Waals surface area contributed by atoms with Crippen molar-refractivity contribution < 1.29 is 5.11 Å². The molecule has 0 aliphatic rings. The van der Waals surface area contributed by atoms with E-state index in [2.05, 4.69) is 4.98 Å². The zero-order valence-electron chi connectivity index (χ0n) is 8.85.